The number of aliphatic hydroxyl groups is 3. The molecule has 2 unspecified atom stereocenters. The minimum atomic E-state index is -5.17. The van der Waals surface area contributed by atoms with Gasteiger partial charge in [-0.05, 0) is 107 Å². The summed E-state index contributed by atoms with van der Waals surface area (Å²) in [6.45, 7) is 9.80. The Morgan fingerprint density at radius 2 is 1.75 bits per heavy atom. The average molecular weight is 1020 g/mol. The summed E-state index contributed by atoms with van der Waals surface area (Å²) in [7, 11) is 4.64. The summed E-state index contributed by atoms with van der Waals surface area (Å²) in [6.07, 6.45) is -1.77. The second kappa shape index (κ2) is 18.7. The van der Waals surface area contributed by atoms with Crippen LogP contribution in [-0.4, -0.2) is 161 Å². The molecule has 1 aromatic heterocycles. The van der Waals surface area contributed by atoms with Gasteiger partial charge in [-0.2, -0.15) is 13.2 Å². The number of carbonyl (C=O) groups is 4. The molecule has 5 aliphatic heterocycles. The third-order valence-corrected chi connectivity index (χ3v) is 18.6. The maximum absolute atomic E-state index is 15.6. The number of fused-ring (bicyclic) bond motifs is 6. The molecule has 398 valence electrons. The van der Waals surface area contributed by atoms with Crippen LogP contribution in [0, 0.1) is 11.3 Å². The van der Waals surface area contributed by atoms with E-state index in [2.05, 4.69) is 20.1 Å². The van der Waals surface area contributed by atoms with Crippen molar-refractivity contribution in [1.29, 1.82) is 0 Å². The van der Waals surface area contributed by atoms with Crippen LogP contribution in [0.5, 0.6) is 5.75 Å². The maximum Gasteiger partial charge on any atom is 0.451 e. The molecule has 6 heterocycles. The number of H-pyrrole nitrogens is 1. The number of Topliss-reactive ketones (excluding diaryl/α,β-unsaturated/α-hetero) is 1. The molecular formula is C54H71F3N6O10. The zero-order chi connectivity index (χ0) is 52.8. The van der Waals surface area contributed by atoms with Crippen molar-refractivity contribution in [1.82, 2.24) is 20.1 Å². The Kier molecular flexibility index (Phi) is 13.5. The predicted octanol–water partition coefficient (Wildman–Crippen LogP) is 4.31. The lowest BCUT2D eigenvalue weighted by Gasteiger charge is -2.68. The fourth-order valence-electron chi connectivity index (χ4n) is 15.1. The lowest BCUT2D eigenvalue weighted by molar-refractivity contribution is -0.224. The number of para-hydroxylation sites is 1. The van der Waals surface area contributed by atoms with Gasteiger partial charge < -0.3 is 50.5 Å². The molecule has 3 aromatic rings. The Bertz CT molecular complexity index is 2720. The molecular weight excluding hydrogens is 950 g/mol. The molecule has 6 aliphatic rings. The minimum Gasteiger partial charge on any atom is -0.496 e. The third kappa shape index (κ3) is 7.51. The first kappa shape index (κ1) is 52.8. The fraction of sp³-hybridized carbons (Fsp3) is 0.630. The number of nitrogens with two attached hydrogens (primary N) is 1. The molecule has 3 fully saturated rings. The van der Waals surface area contributed by atoms with Gasteiger partial charge in [-0.3, -0.25) is 24.2 Å². The molecule has 19 heteroatoms. The normalized spacial score (nSPS) is 34.3. The number of alkyl halides is 3. The van der Waals surface area contributed by atoms with E-state index in [0.29, 0.717) is 86.7 Å². The van der Waals surface area contributed by atoms with Gasteiger partial charge in [0, 0.05) is 84.0 Å². The molecule has 1 saturated carbocycles. The zero-order valence-electron chi connectivity index (χ0n) is 42.9. The van der Waals surface area contributed by atoms with Crippen LogP contribution >= 0.6 is 0 Å². The molecule has 1 amide bonds. The minimum absolute atomic E-state index is 0.111. The number of likely N-dealkylation sites (N-methyl/N-ethyl adjacent to an activating group) is 1. The number of hydrogen-bond donors (Lipinski definition) is 6. The van der Waals surface area contributed by atoms with E-state index in [4.69, 9.17) is 19.9 Å². The summed E-state index contributed by atoms with van der Waals surface area (Å²) in [6, 6.07) is 7.79. The average Bonchev–Trinajstić information content (AvgIpc) is 4.02. The fourth-order valence-corrected chi connectivity index (χ4v) is 15.1. The van der Waals surface area contributed by atoms with Gasteiger partial charge in [0.2, 0.25) is 0 Å². The quantitative estimate of drug-likeness (QED) is 0.0980. The van der Waals surface area contributed by atoms with Crippen LogP contribution in [-0.2, 0) is 45.9 Å². The summed E-state index contributed by atoms with van der Waals surface area (Å²) in [5.74, 6) is -4.57. The number of ether oxygens (including phenoxy) is 3. The van der Waals surface area contributed by atoms with Crippen molar-refractivity contribution in [2.45, 2.75) is 143 Å². The number of ketones is 1. The van der Waals surface area contributed by atoms with E-state index in [0.717, 1.165) is 16.5 Å². The van der Waals surface area contributed by atoms with E-state index in [1.807, 2.05) is 67.3 Å². The lowest BCUT2D eigenvalue weighted by atomic mass is 9.42. The molecule has 0 radical (unpaired) electrons. The van der Waals surface area contributed by atoms with Gasteiger partial charge in [-0.1, -0.05) is 44.2 Å². The highest BCUT2D eigenvalue weighted by Gasteiger charge is 2.84. The van der Waals surface area contributed by atoms with Crippen molar-refractivity contribution in [2.75, 3.05) is 65.5 Å². The Morgan fingerprint density at radius 3 is 2.42 bits per heavy atom. The van der Waals surface area contributed by atoms with E-state index in [1.165, 1.54) is 14.2 Å². The Labute approximate surface area is 423 Å². The number of piperidine rings is 1. The molecule has 2 saturated heterocycles. The highest BCUT2D eigenvalue weighted by atomic mass is 19.4. The van der Waals surface area contributed by atoms with Gasteiger partial charge in [-0.15, -0.1) is 0 Å². The number of nitrogens with one attached hydrogen (secondary N) is 2. The molecule has 1 spiro atoms. The molecule has 12 atom stereocenters. The van der Waals surface area contributed by atoms with Gasteiger partial charge in [-0.25, -0.2) is 4.79 Å². The maximum atomic E-state index is 15.6. The van der Waals surface area contributed by atoms with Crippen LogP contribution in [0.15, 0.2) is 48.6 Å². The van der Waals surface area contributed by atoms with Crippen molar-refractivity contribution in [3.05, 3.63) is 70.9 Å². The Morgan fingerprint density at radius 1 is 1.01 bits per heavy atom. The van der Waals surface area contributed by atoms with Crippen LogP contribution in [0.2, 0.25) is 0 Å². The number of halogens is 3. The number of benzene rings is 2. The standard InChI is InChI=1S/C54H71F3N6O10/c1-8-49(69)27-31-28-51(47(68)72-7,41-33(19-23-62(29-31)30-49)32-15-11-12-17-37(32)59-41)35-25-34-39(26-40(35)71-6)61(5)48(4)52(34)21-24-63-22-14-20-50(9-2,44(52)63)45(66)53(48,70)46(67)60-38(43(65)73-10-3)18-13-16-36(58)42(64)54(55,56)57/h11-12,14-15,17,20,25-26,31,36,38,44-45,59,66,69-70H,8-10,13,16,18-19,21-24,27-30,58H2,1-7H3,(H,60,67)/t31-,36?,38-,44-,45+,48+,49-,50+,51-,52+,53-/m0/s1. The van der Waals surface area contributed by atoms with E-state index >= 15 is 9.59 Å². The number of aromatic amines is 1. The summed E-state index contributed by atoms with van der Waals surface area (Å²) in [4.78, 5) is 66.9. The second-order valence-corrected chi connectivity index (χ2v) is 21.8. The predicted molar refractivity (Wildman–Crippen MR) is 265 cm³/mol. The van der Waals surface area contributed by atoms with Crippen LogP contribution < -0.4 is 20.7 Å². The molecule has 16 nitrogen and oxygen atoms in total. The molecule has 2 aromatic carbocycles. The van der Waals surface area contributed by atoms with Crippen LogP contribution in [0.25, 0.3) is 10.9 Å². The summed E-state index contributed by atoms with van der Waals surface area (Å²) >= 11 is 0. The lowest BCUT2D eigenvalue weighted by Crippen LogP contribution is -2.87. The highest BCUT2D eigenvalue weighted by molar-refractivity contribution is 5.97. The van der Waals surface area contributed by atoms with Gasteiger partial charge in [0.15, 0.2) is 5.60 Å². The number of rotatable bonds is 14. The number of methoxy groups -OCH3 is 2. The first-order valence-electron chi connectivity index (χ1n) is 25.8. The monoisotopic (exact) mass is 1020 g/mol. The number of aliphatic hydroxyl groups excluding tert-OH is 1. The zero-order valence-corrected chi connectivity index (χ0v) is 42.9. The Hall–Kier alpha value is -5.05. The highest BCUT2D eigenvalue weighted by Crippen LogP contribution is 2.71. The summed E-state index contributed by atoms with van der Waals surface area (Å²) in [5.41, 5.74) is 0.272. The van der Waals surface area contributed by atoms with Crippen LogP contribution in [0.1, 0.15) is 101 Å². The first-order valence-corrected chi connectivity index (χ1v) is 25.8. The number of carbonyl (C=O) groups excluding carboxylic acids is 4. The summed E-state index contributed by atoms with van der Waals surface area (Å²) < 4.78 is 57.6. The number of esters is 2. The molecule has 9 rings (SSSR count). The molecule has 73 heavy (non-hydrogen) atoms. The van der Waals surface area contributed by atoms with Crippen molar-refractivity contribution in [3.8, 4) is 5.75 Å². The second-order valence-electron chi connectivity index (χ2n) is 21.8. The summed E-state index contributed by atoms with van der Waals surface area (Å²) in [5, 5.41) is 42.8. The third-order valence-electron chi connectivity index (χ3n) is 18.6. The van der Waals surface area contributed by atoms with Crippen molar-refractivity contribution in [2.24, 2.45) is 17.1 Å². The largest absolute Gasteiger partial charge is 0.496 e. The van der Waals surface area contributed by atoms with Gasteiger partial charge in [0.05, 0.1) is 38.0 Å². The number of hydrogen-bond acceptors (Lipinski definition) is 14. The van der Waals surface area contributed by atoms with Gasteiger partial charge in [0.1, 0.15) is 23.3 Å². The number of amides is 1. The van der Waals surface area contributed by atoms with Crippen molar-refractivity contribution >= 4 is 40.2 Å². The van der Waals surface area contributed by atoms with E-state index < -0.39 is 93.4 Å². The van der Waals surface area contributed by atoms with E-state index in [-0.39, 0.29) is 38.2 Å². The Balaban J connectivity index is 1.25. The first-order chi connectivity index (χ1) is 34.5. The van der Waals surface area contributed by atoms with Crippen LogP contribution in [0.4, 0.5) is 18.9 Å². The van der Waals surface area contributed by atoms with E-state index in [9.17, 15) is 38.1 Å². The van der Waals surface area contributed by atoms with E-state index in [1.54, 1.807) is 20.9 Å². The smallest absolute Gasteiger partial charge is 0.451 e. The van der Waals surface area contributed by atoms with Gasteiger partial charge >= 0.3 is 18.1 Å². The van der Waals surface area contributed by atoms with Crippen molar-refractivity contribution in [3.63, 3.8) is 0 Å². The number of aromatic nitrogens is 1. The topological polar surface area (TPSA) is 220 Å². The number of nitrogens with zero attached hydrogens (tertiary/aromatic N) is 3. The SMILES string of the molecule is CCOC(=O)[C@H](CCCC(N)C(=O)C(F)(F)F)NC(=O)[C@@]1(O)[C@H](O)[C@]2(CC)C=CCN3CC[C@@]4(c5cc([C@@]6(C(=O)OC)C[C@H]7CN(CCc8c6[nH]c6ccccc86)C[C@](O)(CC)C7)c(OC)cc5N(C)[C@@]14C)[C@@H]32. The van der Waals surface area contributed by atoms with Gasteiger partial charge in [0.25, 0.3) is 11.7 Å². The molecule has 7 N–H and O–H groups in total. The van der Waals surface area contributed by atoms with Crippen LogP contribution in [0.3, 0.4) is 0 Å². The molecule has 1 aliphatic carbocycles. The molecule has 2 bridgehead atoms. The number of anilines is 1. The van der Waals surface area contributed by atoms with Crippen molar-refractivity contribution < 1.29 is 61.9 Å².